The standard InChI is InChI=1S/C16H15FN2O/c1-2-20-16-5-3-4-15(9-16)19-11-13-6-12(10-18)7-14(17)8-13/h3-9,19H,2,11H2,1H3. The molecule has 3 nitrogen and oxygen atoms in total. The van der Waals surface area contributed by atoms with Crippen molar-refractivity contribution < 1.29 is 9.13 Å². The van der Waals surface area contributed by atoms with E-state index in [-0.39, 0.29) is 0 Å². The Kier molecular flexibility index (Phi) is 4.56. The van der Waals surface area contributed by atoms with Gasteiger partial charge in [0.2, 0.25) is 0 Å². The van der Waals surface area contributed by atoms with Gasteiger partial charge in [-0.15, -0.1) is 0 Å². The molecule has 0 aromatic heterocycles. The predicted octanol–water partition coefficient (Wildman–Crippen LogP) is 3.71. The minimum atomic E-state index is -0.399. The second-order valence-corrected chi connectivity index (χ2v) is 4.27. The van der Waals surface area contributed by atoms with Crippen LogP contribution in [0.3, 0.4) is 0 Å². The molecule has 0 saturated heterocycles. The van der Waals surface area contributed by atoms with Crippen molar-refractivity contribution in [3.05, 3.63) is 59.4 Å². The molecule has 1 N–H and O–H groups in total. The molecule has 0 aliphatic carbocycles. The highest BCUT2D eigenvalue weighted by molar-refractivity contribution is 5.49. The minimum absolute atomic E-state index is 0.324. The SMILES string of the molecule is CCOc1cccc(NCc2cc(F)cc(C#N)c2)c1. The zero-order valence-electron chi connectivity index (χ0n) is 11.2. The highest BCUT2D eigenvalue weighted by atomic mass is 19.1. The summed E-state index contributed by atoms with van der Waals surface area (Å²) < 4.78 is 18.7. The van der Waals surface area contributed by atoms with Gasteiger partial charge in [-0.25, -0.2) is 4.39 Å². The zero-order valence-corrected chi connectivity index (χ0v) is 11.2. The smallest absolute Gasteiger partial charge is 0.124 e. The normalized spacial score (nSPS) is 9.85. The molecule has 2 rings (SSSR count). The number of nitrogens with one attached hydrogen (secondary N) is 1. The number of hydrogen-bond acceptors (Lipinski definition) is 3. The third kappa shape index (κ3) is 3.72. The van der Waals surface area contributed by atoms with Crippen molar-refractivity contribution in [2.75, 3.05) is 11.9 Å². The number of nitriles is 1. The molecule has 0 unspecified atom stereocenters. The van der Waals surface area contributed by atoms with Gasteiger partial charge in [0.15, 0.2) is 0 Å². The lowest BCUT2D eigenvalue weighted by Gasteiger charge is -2.09. The molecule has 0 saturated carbocycles. The van der Waals surface area contributed by atoms with E-state index in [1.54, 1.807) is 6.07 Å². The van der Waals surface area contributed by atoms with Gasteiger partial charge in [0.05, 0.1) is 18.2 Å². The summed E-state index contributed by atoms with van der Waals surface area (Å²) in [5, 5.41) is 12.0. The average molecular weight is 270 g/mol. The maximum Gasteiger partial charge on any atom is 0.124 e. The van der Waals surface area contributed by atoms with Gasteiger partial charge >= 0.3 is 0 Å². The van der Waals surface area contributed by atoms with E-state index in [0.717, 1.165) is 17.0 Å². The van der Waals surface area contributed by atoms with Crippen LogP contribution in [0.15, 0.2) is 42.5 Å². The van der Waals surface area contributed by atoms with Gasteiger partial charge in [0.1, 0.15) is 11.6 Å². The Balaban J connectivity index is 2.07. The molecule has 0 bridgehead atoms. The Morgan fingerprint density at radius 3 is 2.85 bits per heavy atom. The molecule has 20 heavy (non-hydrogen) atoms. The van der Waals surface area contributed by atoms with E-state index in [0.29, 0.717) is 18.7 Å². The first kappa shape index (κ1) is 13.9. The molecule has 4 heteroatoms. The minimum Gasteiger partial charge on any atom is -0.494 e. The largest absolute Gasteiger partial charge is 0.494 e. The maximum atomic E-state index is 13.3. The van der Waals surface area contributed by atoms with Crippen LogP contribution >= 0.6 is 0 Å². The molecular weight excluding hydrogens is 255 g/mol. The Hall–Kier alpha value is -2.54. The van der Waals surface area contributed by atoms with Gasteiger partial charge in [-0.3, -0.25) is 0 Å². The lowest BCUT2D eigenvalue weighted by molar-refractivity contribution is 0.340. The molecule has 2 aromatic carbocycles. The zero-order chi connectivity index (χ0) is 14.4. The maximum absolute atomic E-state index is 13.3. The van der Waals surface area contributed by atoms with Crippen molar-refractivity contribution in [3.63, 3.8) is 0 Å². The van der Waals surface area contributed by atoms with Gasteiger partial charge in [-0.2, -0.15) is 5.26 Å². The van der Waals surface area contributed by atoms with Crippen molar-refractivity contribution >= 4 is 5.69 Å². The van der Waals surface area contributed by atoms with Crippen LogP contribution in [0.2, 0.25) is 0 Å². The number of anilines is 1. The lowest BCUT2D eigenvalue weighted by Crippen LogP contribution is -2.01. The van der Waals surface area contributed by atoms with E-state index >= 15 is 0 Å². The fraction of sp³-hybridized carbons (Fsp3) is 0.188. The van der Waals surface area contributed by atoms with Crippen molar-refractivity contribution in [1.82, 2.24) is 0 Å². The van der Waals surface area contributed by atoms with E-state index in [4.69, 9.17) is 10.00 Å². The van der Waals surface area contributed by atoms with Gasteiger partial charge in [0, 0.05) is 18.3 Å². The monoisotopic (exact) mass is 270 g/mol. The van der Waals surface area contributed by atoms with Crippen molar-refractivity contribution in [1.29, 1.82) is 5.26 Å². The third-order valence-corrected chi connectivity index (χ3v) is 2.73. The van der Waals surface area contributed by atoms with E-state index in [9.17, 15) is 4.39 Å². The van der Waals surface area contributed by atoms with E-state index in [1.165, 1.54) is 12.1 Å². The Morgan fingerprint density at radius 2 is 2.10 bits per heavy atom. The third-order valence-electron chi connectivity index (χ3n) is 2.73. The highest BCUT2D eigenvalue weighted by Crippen LogP contribution is 2.18. The quantitative estimate of drug-likeness (QED) is 0.900. The average Bonchev–Trinajstić information content (AvgIpc) is 2.45. The van der Waals surface area contributed by atoms with E-state index in [1.807, 2.05) is 37.3 Å². The molecule has 2 aromatic rings. The molecule has 0 amide bonds. The van der Waals surface area contributed by atoms with Crippen LogP contribution in [0.4, 0.5) is 10.1 Å². The molecule has 0 fully saturated rings. The number of ether oxygens (including phenoxy) is 1. The summed E-state index contributed by atoms with van der Waals surface area (Å²) >= 11 is 0. The molecule has 0 atom stereocenters. The first-order chi connectivity index (χ1) is 9.71. The van der Waals surface area contributed by atoms with E-state index in [2.05, 4.69) is 5.32 Å². The van der Waals surface area contributed by atoms with Crippen LogP contribution in [0.5, 0.6) is 5.75 Å². The van der Waals surface area contributed by atoms with Crippen LogP contribution in [0.25, 0.3) is 0 Å². The van der Waals surface area contributed by atoms with Gasteiger partial charge < -0.3 is 10.1 Å². The summed E-state index contributed by atoms with van der Waals surface area (Å²) in [4.78, 5) is 0. The number of hydrogen-bond donors (Lipinski definition) is 1. The fourth-order valence-electron chi connectivity index (χ4n) is 1.88. The van der Waals surface area contributed by atoms with Crippen LogP contribution in [-0.2, 0) is 6.54 Å². The molecule has 0 radical (unpaired) electrons. The lowest BCUT2D eigenvalue weighted by atomic mass is 10.1. The van der Waals surface area contributed by atoms with Gasteiger partial charge in [0.25, 0.3) is 0 Å². The summed E-state index contributed by atoms with van der Waals surface area (Å²) in [6, 6.07) is 13.8. The van der Waals surface area contributed by atoms with Crippen LogP contribution in [0, 0.1) is 17.1 Å². The van der Waals surface area contributed by atoms with Crippen LogP contribution < -0.4 is 10.1 Å². The van der Waals surface area contributed by atoms with Crippen molar-refractivity contribution in [2.24, 2.45) is 0 Å². The first-order valence-electron chi connectivity index (χ1n) is 6.37. The summed E-state index contributed by atoms with van der Waals surface area (Å²) in [6.45, 7) is 2.98. The Bertz CT molecular complexity index is 635. The van der Waals surface area contributed by atoms with Crippen molar-refractivity contribution in [3.8, 4) is 11.8 Å². The van der Waals surface area contributed by atoms with Crippen LogP contribution in [0.1, 0.15) is 18.1 Å². The summed E-state index contributed by atoms with van der Waals surface area (Å²) in [5.74, 6) is 0.387. The Morgan fingerprint density at radius 1 is 1.25 bits per heavy atom. The topological polar surface area (TPSA) is 45.0 Å². The van der Waals surface area contributed by atoms with Crippen LogP contribution in [-0.4, -0.2) is 6.61 Å². The molecule has 0 aliphatic rings. The highest BCUT2D eigenvalue weighted by Gasteiger charge is 2.01. The van der Waals surface area contributed by atoms with Gasteiger partial charge in [-0.1, -0.05) is 6.07 Å². The second kappa shape index (κ2) is 6.58. The summed E-state index contributed by atoms with van der Waals surface area (Å²) in [5.41, 5.74) is 1.94. The predicted molar refractivity (Wildman–Crippen MR) is 76.1 cm³/mol. The number of halogens is 1. The first-order valence-corrected chi connectivity index (χ1v) is 6.37. The van der Waals surface area contributed by atoms with Crippen molar-refractivity contribution in [2.45, 2.75) is 13.5 Å². The fourth-order valence-corrected chi connectivity index (χ4v) is 1.88. The van der Waals surface area contributed by atoms with E-state index < -0.39 is 5.82 Å². The Labute approximate surface area is 117 Å². The summed E-state index contributed by atoms with van der Waals surface area (Å²) in [6.07, 6.45) is 0. The molecular formula is C16H15FN2O. The number of rotatable bonds is 5. The number of nitrogens with zero attached hydrogens (tertiary/aromatic N) is 1. The second-order valence-electron chi connectivity index (χ2n) is 4.27. The molecule has 0 aliphatic heterocycles. The molecule has 102 valence electrons. The summed E-state index contributed by atoms with van der Waals surface area (Å²) in [7, 11) is 0. The molecule has 0 spiro atoms. The molecule has 0 heterocycles. The number of benzene rings is 2. The van der Waals surface area contributed by atoms with Gasteiger partial charge in [-0.05, 0) is 42.8 Å².